The molecule has 0 spiro atoms. The molecule has 0 saturated heterocycles. The second-order valence-electron chi connectivity index (χ2n) is 6.73. The molecule has 4 rings (SSSR count). The Hall–Kier alpha value is -2.22. The Morgan fingerprint density at radius 3 is 2.58 bits per heavy atom. The van der Waals surface area contributed by atoms with Gasteiger partial charge < -0.3 is 9.84 Å². The first kappa shape index (κ1) is 17.2. The van der Waals surface area contributed by atoms with Gasteiger partial charge in [0.2, 0.25) is 10.0 Å². The molecule has 0 radical (unpaired) electrons. The van der Waals surface area contributed by atoms with E-state index in [0.717, 1.165) is 5.56 Å². The summed E-state index contributed by atoms with van der Waals surface area (Å²) < 4.78 is 34.0. The van der Waals surface area contributed by atoms with Crippen LogP contribution in [-0.4, -0.2) is 37.6 Å². The van der Waals surface area contributed by atoms with Gasteiger partial charge in [-0.3, -0.25) is 4.79 Å². The molecular formula is C19H19NO5S. The molecule has 4 atom stereocenters. The molecule has 7 heteroatoms. The van der Waals surface area contributed by atoms with E-state index >= 15 is 0 Å². The number of para-hydroxylation sites is 1. The van der Waals surface area contributed by atoms with Crippen LogP contribution >= 0.6 is 0 Å². The van der Waals surface area contributed by atoms with Crippen LogP contribution in [0.1, 0.15) is 35.2 Å². The summed E-state index contributed by atoms with van der Waals surface area (Å²) in [4.78, 5) is 12.0. The fraction of sp³-hybridized carbons (Fsp3) is 0.316. The highest BCUT2D eigenvalue weighted by Gasteiger charge is 2.51. The van der Waals surface area contributed by atoms with Crippen LogP contribution in [0.3, 0.4) is 0 Å². The highest BCUT2D eigenvalue weighted by molar-refractivity contribution is 7.89. The summed E-state index contributed by atoms with van der Waals surface area (Å²) in [5.74, 6) is 0.0624. The van der Waals surface area contributed by atoms with Gasteiger partial charge >= 0.3 is 0 Å². The first-order chi connectivity index (χ1) is 12.4. The van der Waals surface area contributed by atoms with Gasteiger partial charge in [-0.15, -0.1) is 0 Å². The summed E-state index contributed by atoms with van der Waals surface area (Å²) in [5, 5.41) is 10.4. The Labute approximate surface area is 151 Å². The minimum Gasteiger partial charge on any atom is -0.489 e. The number of carbonyl (C=O) groups excluding carboxylic acids is 1. The van der Waals surface area contributed by atoms with Gasteiger partial charge in [0.05, 0.1) is 22.6 Å². The average Bonchev–Trinajstić information content (AvgIpc) is 3.11. The molecule has 6 nitrogen and oxygen atoms in total. The molecule has 2 aromatic carbocycles. The van der Waals surface area contributed by atoms with Crippen molar-refractivity contribution in [2.75, 3.05) is 0 Å². The second kappa shape index (κ2) is 6.19. The number of benzene rings is 2. The van der Waals surface area contributed by atoms with Crippen LogP contribution in [-0.2, 0) is 10.0 Å². The molecule has 1 fully saturated rings. The molecule has 0 bridgehead atoms. The van der Waals surface area contributed by atoms with Crippen molar-refractivity contribution < 1.29 is 23.1 Å². The number of Topliss-reactive ketones (excluding diaryl/α,β-unsaturated/α-hetero) is 1. The van der Waals surface area contributed by atoms with Crippen molar-refractivity contribution in [3.63, 3.8) is 0 Å². The monoisotopic (exact) mass is 373 g/mol. The normalized spacial score (nSPS) is 26.8. The summed E-state index contributed by atoms with van der Waals surface area (Å²) >= 11 is 0. The Bertz CT molecular complexity index is 957. The predicted octanol–water partition coefficient (Wildman–Crippen LogP) is 1.85. The molecule has 136 valence electrons. The van der Waals surface area contributed by atoms with Crippen molar-refractivity contribution in [1.82, 2.24) is 4.72 Å². The van der Waals surface area contributed by atoms with Gasteiger partial charge in [0.15, 0.2) is 5.78 Å². The van der Waals surface area contributed by atoms with Crippen molar-refractivity contribution in [3.05, 3.63) is 59.7 Å². The minimum absolute atomic E-state index is 0.108. The van der Waals surface area contributed by atoms with Gasteiger partial charge in [-0.05, 0) is 25.1 Å². The van der Waals surface area contributed by atoms with Crippen LogP contribution in [0.4, 0.5) is 0 Å². The van der Waals surface area contributed by atoms with E-state index < -0.39 is 22.2 Å². The second-order valence-corrected chi connectivity index (χ2v) is 8.44. The lowest BCUT2D eigenvalue weighted by Gasteiger charge is -2.22. The summed E-state index contributed by atoms with van der Waals surface area (Å²) in [6.07, 6.45) is -0.917. The summed E-state index contributed by atoms with van der Waals surface area (Å²) in [6, 6.07) is 12.6. The van der Waals surface area contributed by atoms with Gasteiger partial charge in [0.25, 0.3) is 0 Å². The third-order valence-corrected chi connectivity index (χ3v) is 6.55. The van der Waals surface area contributed by atoms with Crippen LogP contribution in [0.2, 0.25) is 0 Å². The van der Waals surface area contributed by atoms with Crippen molar-refractivity contribution in [2.45, 2.75) is 42.4 Å². The van der Waals surface area contributed by atoms with E-state index in [1.54, 1.807) is 30.3 Å². The van der Waals surface area contributed by atoms with Crippen molar-refractivity contribution >= 4 is 15.8 Å². The number of fused-ring (bicyclic) bond motifs is 3. The van der Waals surface area contributed by atoms with E-state index in [1.807, 2.05) is 6.07 Å². The third-order valence-electron chi connectivity index (χ3n) is 5.07. The number of carbonyl (C=O) groups is 1. The highest BCUT2D eigenvalue weighted by atomic mass is 32.2. The van der Waals surface area contributed by atoms with Crippen LogP contribution in [0.15, 0.2) is 53.4 Å². The smallest absolute Gasteiger partial charge is 0.240 e. The van der Waals surface area contributed by atoms with Crippen molar-refractivity contribution in [3.8, 4) is 5.75 Å². The van der Waals surface area contributed by atoms with Crippen LogP contribution in [0, 0.1) is 0 Å². The fourth-order valence-corrected chi connectivity index (χ4v) is 5.21. The molecule has 1 aliphatic carbocycles. The Kier molecular flexibility index (Phi) is 4.10. The van der Waals surface area contributed by atoms with E-state index in [-0.39, 0.29) is 22.7 Å². The maximum atomic E-state index is 12.7. The standard InChI is InChI=1S/C19H19NO5S/c1-11(21)13-8-5-9-14-17-16(25-19(13)14)10-15(22)18(17)20-26(23,24)12-6-3-2-4-7-12/h2-9,15-18,20,22H,10H2,1H3/t15?,16?,17-,18?/m1/s1. The third kappa shape index (κ3) is 2.72. The van der Waals surface area contributed by atoms with E-state index in [2.05, 4.69) is 4.72 Å². The molecule has 1 heterocycles. The van der Waals surface area contributed by atoms with E-state index in [1.165, 1.54) is 19.1 Å². The van der Waals surface area contributed by atoms with Crippen LogP contribution in [0.25, 0.3) is 0 Å². The molecule has 1 aliphatic heterocycles. The quantitative estimate of drug-likeness (QED) is 0.798. The van der Waals surface area contributed by atoms with Gasteiger partial charge in [-0.25, -0.2) is 13.1 Å². The lowest BCUT2D eigenvalue weighted by Crippen LogP contribution is -2.43. The fourth-order valence-electron chi connectivity index (χ4n) is 3.89. The zero-order chi connectivity index (χ0) is 18.5. The highest BCUT2D eigenvalue weighted by Crippen LogP contribution is 2.48. The number of rotatable bonds is 4. The van der Waals surface area contributed by atoms with Gasteiger partial charge in [-0.2, -0.15) is 0 Å². The number of ether oxygens (including phenoxy) is 1. The summed E-state index contributed by atoms with van der Waals surface area (Å²) in [7, 11) is -3.78. The largest absolute Gasteiger partial charge is 0.489 e. The van der Waals surface area contributed by atoms with E-state index in [9.17, 15) is 18.3 Å². The molecule has 2 aromatic rings. The van der Waals surface area contributed by atoms with Crippen molar-refractivity contribution in [1.29, 1.82) is 0 Å². The number of sulfonamides is 1. The van der Waals surface area contributed by atoms with E-state index in [0.29, 0.717) is 17.7 Å². The van der Waals surface area contributed by atoms with Crippen LogP contribution in [0.5, 0.6) is 5.75 Å². The molecule has 0 aromatic heterocycles. The summed E-state index contributed by atoms with van der Waals surface area (Å²) in [5.41, 5.74) is 1.25. The average molecular weight is 373 g/mol. The number of nitrogens with one attached hydrogen (secondary N) is 1. The van der Waals surface area contributed by atoms with Gasteiger partial charge in [0.1, 0.15) is 11.9 Å². The SMILES string of the molecule is CC(=O)c1cccc2c1OC1CC(O)C(NS(=O)(=O)c3ccccc3)[C@H]21. The summed E-state index contributed by atoms with van der Waals surface area (Å²) in [6.45, 7) is 1.47. The lowest BCUT2D eigenvalue weighted by molar-refractivity contribution is 0.101. The predicted molar refractivity (Wildman–Crippen MR) is 94.8 cm³/mol. The number of aliphatic hydroxyl groups is 1. The Morgan fingerprint density at radius 1 is 1.15 bits per heavy atom. The molecule has 2 aliphatic rings. The lowest BCUT2D eigenvalue weighted by atomic mass is 9.92. The first-order valence-corrected chi connectivity index (χ1v) is 9.93. The topological polar surface area (TPSA) is 92.7 Å². The van der Waals surface area contributed by atoms with E-state index in [4.69, 9.17) is 4.74 Å². The van der Waals surface area contributed by atoms with Gasteiger partial charge in [0, 0.05) is 17.9 Å². The Morgan fingerprint density at radius 2 is 1.88 bits per heavy atom. The number of hydrogen-bond donors (Lipinski definition) is 2. The molecule has 3 unspecified atom stereocenters. The first-order valence-electron chi connectivity index (χ1n) is 8.44. The molecule has 26 heavy (non-hydrogen) atoms. The minimum atomic E-state index is -3.78. The maximum absolute atomic E-state index is 12.7. The number of ketones is 1. The Balaban J connectivity index is 1.70. The van der Waals surface area contributed by atoms with Gasteiger partial charge in [-0.1, -0.05) is 30.3 Å². The molecular weight excluding hydrogens is 354 g/mol. The number of hydrogen-bond acceptors (Lipinski definition) is 5. The van der Waals surface area contributed by atoms with Crippen molar-refractivity contribution in [2.24, 2.45) is 0 Å². The molecule has 1 saturated carbocycles. The van der Waals surface area contributed by atoms with Crippen LogP contribution < -0.4 is 9.46 Å². The number of aliphatic hydroxyl groups excluding tert-OH is 1. The molecule has 0 amide bonds. The molecule has 2 N–H and O–H groups in total. The zero-order valence-electron chi connectivity index (χ0n) is 14.1. The zero-order valence-corrected chi connectivity index (χ0v) is 14.9. The maximum Gasteiger partial charge on any atom is 0.240 e.